The average molecular weight is 468 g/mol. The van der Waals surface area contributed by atoms with E-state index in [1.807, 2.05) is 13.0 Å². The molecule has 5 rings (SSSR count). The number of aromatic nitrogens is 4. The molecule has 3 heterocycles. The highest BCUT2D eigenvalue weighted by molar-refractivity contribution is 6.05. The summed E-state index contributed by atoms with van der Waals surface area (Å²) in [7, 11) is 0. The zero-order chi connectivity index (χ0) is 24.4. The van der Waals surface area contributed by atoms with Gasteiger partial charge in [0.2, 0.25) is 0 Å². The van der Waals surface area contributed by atoms with Gasteiger partial charge in [-0.15, -0.1) is 0 Å². The highest BCUT2D eigenvalue weighted by Gasteiger charge is 2.29. The average Bonchev–Trinajstić information content (AvgIpc) is 3.29. The topological polar surface area (TPSA) is 96.7 Å². The van der Waals surface area contributed by atoms with Gasteiger partial charge in [0.25, 0.3) is 5.56 Å². The summed E-state index contributed by atoms with van der Waals surface area (Å²) >= 11 is 0. The summed E-state index contributed by atoms with van der Waals surface area (Å²) in [6.45, 7) is 4.00. The first kappa shape index (κ1) is 21.7. The Hall–Kier alpha value is -4.08. The van der Waals surface area contributed by atoms with Crippen LogP contribution in [-0.4, -0.2) is 25.9 Å². The summed E-state index contributed by atoms with van der Waals surface area (Å²) in [6.07, 6.45) is -4.56. The fourth-order valence-electron chi connectivity index (χ4n) is 4.56. The molecule has 0 atom stereocenters. The number of nitrogens with zero attached hydrogens (tertiary/aromatic N) is 2. The molecule has 0 unspecified atom stereocenters. The van der Waals surface area contributed by atoms with Crippen LogP contribution in [0, 0.1) is 20.8 Å². The lowest BCUT2D eigenvalue weighted by Gasteiger charge is -2.17. The van der Waals surface area contributed by atoms with Crippen molar-refractivity contribution in [3.8, 4) is 22.3 Å². The predicted molar refractivity (Wildman–Crippen MR) is 122 cm³/mol. The first-order valence-electron chi connectivity index (χ1n) is 10.4. The number of rotatable bonds is 3. The van der Waals surface area contributed by atoms with Crippen LogP contribution in [0.5, 0.6) is 0 Å². The van der Waals surface area contributed by atoms with E-state index in [4.69, 9.17) is 4.52 Å². The molecule has 0 saturated heterocycles. The Kier molecular flexibility index (Phi) is 4.78. The molecule has 5 aromatic rings. The van der Waals surface area contributed by atoms with E-state index in [1.165, 1.54) is 12.1 Å². The molecule has 0 radical (unpaired) electrons. The Bertz CT molecular complexity index is 1680. The maximum atomic E-state index is 13.2. The Morgan fingerprint density at radius 3 is 2.44 bits per heavy atom. The molecule has 174 valence electrons. The lowest BCUT2D eigenvalue weighted by atomic mass is 9.91. The van der Waals surface area contributed by atoms with Gasteiger partial charge in [0.15, 0.2) is 0 Å². The van der Waals surface area contributed by atoms with Gasteiger partial charge >= 0.3 is 11.9 Å². The van der Waals surface area contributed by atoms with Crippen molar-refractivity contribution in [1.82, 2.24) is 19.7 Å². The van der Waals surface area contributed by atoms with Gasteiger partial charge < -0.3 is 14.5 Å². The van der Waals surface area contributed by atoms with Crippen LogP contribution in [0.4, 0.5) is 13.2 Å². The number of imidazole rings is 1. The van der Waals surface area contributed by atoms with Gasteiger partial charge in [-0.05, 0) is 61.7 Å². The second-order valence-corrected chi connectivity index (χ2v) is 8.29. The molecule has 0 spiro atoms. The van der Waals surface area contributed by atoms with Crippen molar-refractivity contribution >= 4 is 21.9 Å². The summed E-state index contributed by atoms with van der Waals surface area (Å²) in [5.74, 6) is 0.592. The van der Waals surface area contributed by atoms with Crippen LogP contribution in [0.2, 0.25) is 0 Å². The summed E-state index contributed by atoms with van der Waals surface area (Å²) < 4.78 is 45.7. The van der Waals surface area contributed by atoms with E-state index < -0.39 is 24.0 Å². The van der Waals surface area contributed by atoms with E-state index >= 15 is 0 Å². The van der Waals surface area contributed by atoms with Gasteiger partial charge in [-0.25, -0.2) is 4.79 Å². The van der Waals surface area contributed by atoms with Crippen molar-refractivity contribution < 1.29 is 17.7 Å². The number of hydrogen-bond donors (Lipinski definition) is 2. The number of aromatic amines is 2. The first-order valence-corrected chi connectivity index (χ1v) is 10.4. The van der Waals surface area contributed by atoms with Crippen molar-refractivity contribution in [3.05, 3.63) is 74.3 Å². The lowest BCUT2D eigenvalue weighted by Crippen LogP contribution is -2.27. The number of benzene rings is 2. The van der Waals surface area contributed by atoms with E-state index in [9.17, 15) is 22.8 Å². The fraction of sp³-hybridized carbons (Fsp3) is 0.208. The summed E-state index contributed by atoms with van der Waals surface area (Å²) in [6, 6.07) is 9.47. The Balaban J connectivity index is 1.89. The maximum Gasteiger partial charge on any atom is 0.406 e. The minimum absolute atomic E-state index is 0.152. The van der Waals surface area contributed by atoms with E-state index in [0.717, 1.165) is 22.8 Å². The van der Waals surface area contributed by atoms with E-state index in [2.05, 4.69) is 15.1 Å². The molecule has 3 aromatic heterocycles. The largest absolute Gasteiger partial charge is 0.406 e. The third-order valence-electron chi connectivity index (χ3n) is 5.93. The first-order chi connectivity index (χ1) is 16.0. The van der Waals surface area contributed by atoms with E-state index in [0.29, 0.717) is 43.6 Å². The molecule has 0 bridgehead atoms. The Morgan fingerprint density at radius 2 is 1.76 bits per heavy atom. The number of halogens is 3. The van der Waals surface area contributed by atoms with Gasteiger partial charge in [-0.3, -0.25) is 9.36 Å². The highest BCUT2D eigenvalue weighted by Crippen LogP contribution is 2.39. The van der Waals surface area contributed by atoms with Crippen LogP contribution in [0.25, 0.3) is 44.2 Å². The van der Waals surface area contributed by atoms with E-state index in [-0.39, 0.29) is 5.52 Å². The summed E-state index contributed by atoms with van der Waals surface area (Å²) in [4.78, 5) is 30.1. The number of aryl methyl sites for hydroxylation is 3. The molecular weight excluding hydrogens is 449 g/mol. The SMILES string of the molecule is Cc1ccc2c(ccc(=O)n2CC(F)(F)F)c1-c1cc(-c2c(C)noc2C)cc2[nH]c(=O)[nH]c12. The van der Waals surface area contributed by atoms with Crippen LogP contribution < -0.4 is 11.2 Å². The minimum Gasteiger partial charge on any atom is -0.361 e. The molecule has 0 saturated carbocycles. The van der Waals surface area contributed by atoms with E-state index in [1.54, 1.807) is 26.0 Å². The van der Waals surface area contributed by atoms with Crippen LogP contribution in [0.15, 0.2) is 50.5 Å². The Labute approximate surface area is 189 Å². The van der Waals surface area contributed by atoms with Crippen molar-refractivity contribution in [2.45, 2.75) is 33.5 Å². The van der Waals surface area contributed by atoms with Gasteiger partial charge in [0, 0.05) is 22.6 Å². The fourth-order valence-corrected chi connectivity index (χ4v) is 4.56. The molecule has 0 aliphatic rings. The molecule has 2 N–H and O–H groups in total. The smallest absolute Gasteiger partial charge is 0.361 e. The second kappa shape index (κ2) is 7.47. The summed E-state index contributed by atoms with van der Waals surface area (Å²) in [5, 5.41) is 4.46. The number of H-pyrrole nitrogens is 2. The van der Waals surface area contributed by atoms with Gasteiger partial charge in [-0.2, -0.15) is 13.2 Å². The second-order valence-electron chi connectivity index (χ2n) is 8.29. The van der Waals surface area contributed by atoms with Crippen LogP contribution in [0.1, 0.15) is 17.0 Å². The molecule has 0 aliphatic heterocycles. The number of pyridine rings is 1. The third kappa shape index (κ3) is 3.51. The minimum atomic E-state index is -4.56. The molecule has 2 aromatic carbocycles. The Morgan fingerprint density at radius 1 is 1.00 bits per heavy atom. The third-order valence-corrected chi connectivity index (χ3v) is 5.93. The number of fused-ring (bicyclic) bond motifs is 2. The van der Waals surface area contributed by atoms with Gasteiger partial charge in [0.05, 0.1) is 22.2 Å². The number of alkyl halides is 3. The quantitative estimate of drug-likeness (QED) is 0.390. The van der Waals surface area contributed by atoms with Crippen molar-refractivity contribution in [2.75, 3.05) is 0 Å². The molecule has 34 heavy (non-hydrogen) atoms. The highest BCUT2D eigenvalue weighted by atomic mass is 19.4. The number of hydrogen-bond acceptors (Lipinski definition) is 4. The lowest BCUT2D eigenvalue weighted by molar-refractivity contribution is -0.140. The molecule has 7 nitrogen and oxygen atoms in total. The molecule has 0 aliphatic carbocycles. The van der Waals surface area contributed by atoms with Crippen molar-refractivity contribution in [2.24, 2.45) is 0 Å². The van der Waals surface area contributed by atoms with Gasteiger partial charge in [0.1, 0.15) is 12.3 Å². The van der Waals surface area contributed by atoms with Crippen molar-refractivity contribution in [1.29, 1.82) is 0 Å². The summed E-state index contributed by atoms with van der Waals surface area (Å²) in [5.41, 5.74) is 4.16. The number of nitrogens with one attached hydrogen (secondary N) is 2. The molecule has 0 amide bonds. The monoisotopic (exact) mass is 468 g/mol. The zero-order valence-electron chi connectivity index (χ0n) is 18.4. The van der Waals surface area contributed by atoms with Crippen molar-refractivity contribution in [3.63, 3.8) is 0 Å². The predicted octanol–water partition coefficient (Wildman–Crippen LogP) is 4.98. The molecule has 10 heteroatoms. The normalized spacial score (nSPS) is 12.2. The van der Waals surface area contributed by atoms with Crippen LogP contribution >= 0.6 is 0 Å². The van der Waals surface area contributed by atoms with Gasteiger partial charge in [-0.1, -0.05) is 11.2 Å². The molecular formula is C24H19F3N4O3. The van der Waals surface area contributed by atoms with Crippen LogP contribution in [-0.2, 0) is 6.54 Å². The van der Waals surface area contributed by atoms with Crippen LogP contribution in [0.3, 0.4) is 0 Å². The zero-order valence-corrected chi connectivity index (χ0v) is 18.4. The standard InChI is InChI=1S/C24H19F3N4O3/c1-11-4-6-18-15(5-7-19(32)31(18)10-24(25,26)27)20(11)16-8-14(21-12(2)30-34-13(21)3)9-17-22(16)29-23(33)28-17/h4-9H,10H2,1-3H3,(H2,28,29,33). The maximum absolute atomic E-state index is 13.2. The molecule has 0 fully saturated rings.